The van der Waals surface area contributed by atoms with Crippen LogP contribution in [-0.4, -0.2) is 35.0 Å². The molecule has 0 heterocycles. The lowest BCUT2D eigenvalue weighted by atomic mass is 10.2. The molecule has 2 atom stereocenters. The molecule has 0 radical (unpaired) electrons. The number of rotatable bonds is 4. The Hall–Kier alpha value is -0.780. The smallest absolute Gasteiger partial charge is 0.407 e. The number of alkyl halides is 1. The van der Waals surface area contributed by atoms with Gasteiger partial charge in [0.05, 0.1) is 4.83 Å². The van der Waals surface area contributed by atoms with Crippen molar-refractivity contribution in [3.63, 3.8) is 0 Å². The van der Waals surface area contributed by atoms with Crippen LogP contribution in [0.2, 0.25) is 0 Å². The summed E-state index contributed by atoms with van der Waals surface area (Å²) in [6.07, 6.45) is -0.481. The molecule has 0 aromatic carbocycles. The topological polar surface area (TPSA) is 67.4 Å². The van der Waals surface area contributed by atoms with Gasteiger partial charge in [0, 0.05) is 12.6 Å². The molecule has 0 saturated carbocycles. The van der Waals surface area contributed by atoms with Crippen LogP contribution < -0.4 is 10.6 Å². The molecule has 2 amide bonds. The van der Waals surface area contributed by atoms with Gasteiger partial charge in [-0.3, -0.25) is 4.79 Å². The van der Waals surface area contributed by atoms with E-state index in [1.165, 1.54) is 0 Å². The van der Waals surface area contributed by atoms with E-state index in [9.17, 15) is 9.59 Å². The minimum atomic E-state index is -0.513. The first-order valence-electron chi connectivity index (χ1n) is 5.53. The quantitative estimate of drug-likeness (QED) is 0.778. The fourth-order valence-electron chi connectivity index (χ4n) is 0.959. The van der Waals surface area contributed by atoms with Crippen molar-refractivity contribution in [1.82, 2.24) is 10.6 Å². The Bertz CT molecular complexity index is 274. The maximum Gasteiger partial charge on any atom is 0.407 e. The maximum atomic E-state index is 11.3. The third-order valence-corrected chi connectivity index (χ3v) is 2.12. The molecular weight excluding hydrogens is 288 g/mol. The van der Waals surface area contributed by atoms with Gasteiger partial charge in [0.15, 0.2) is 0 Å². The summed E-state index contributed by atoms with van der Waals surface area (Å²) < 4.78 is 5.07. The van der Waals surface area contributed by atoms with Crippen LogP contribution in [0, 0.1) is 0 Å². The molecule has 0 spiro atoms. The number of alkyl carbamates (subject to hydrolysis) is 1. The molecule has 17 heavy (non-hydrogen) atoms. The number of nitrogens with one attached hydrogen (secondary N) is 2. The van der Waals surface area contributed by atoms with Gasteiger partial charge < -0.3 is 15.4 Å². The summed E-state index contributed by atoms with van der Waals surface area (Å²) in [5.74, 6) is -0.108. The molecule has 0 aliphatic carbocycles. The van der Waals surface area contributed by atoms with Crippen molar-refractivity contribution in [3.05, 3.63) is 0 Å². The molecule has 0 aliphatic rings. The SMILES string of the molecule is C[C@H](Br)C(=O)N[C@@H](C)CNC(=O)OC(C)(C)C. The van der Waals surface area contributed by atoms with E-state index in [0.29, 0.717) is 6.54 Å². The lowest BCUT2D eigenvalue weighted by Gasteiger charge is -2.21. The lowest BCUT2D eigenvalue weighted by Crippen LogP contribution is -2.44. The largest absolute Gasteiger partial charge is 0.444 e. The summed E-state index contributed by atoms with van der Waals surface area (Å²) in [5, 5.41) is 5.33. The van der Waals surface area contributed by atoms with Gasteiger partial charge in [-0.05, 0) is 34.6 Å². The molecule has 0 bridgehead atoms. The standard InChI is InChI=1S/C11H21BrN2O3/c1-7(14-9(15)8(2)12)6-13-10(16)17-11(3,4)5/h7-8H,6H2,1-5H3,(H,13,16)(H,14,15)/t7-,8-/m0/s1. The van der Waals surface area contributed by atoms with Crippen molar-refractivity contribution in [2.24, 2.45) is 0 Å². The zero-order chi connectivity index (χ0) is 13.6. The Labute approximate surface area is 111 Å². The van der Waals surface area contributed by atoms with Crippen molar-refractivity contribution in [3.8, 4) is 0 Å². The van der Waals surface area contributed by atoms with Crippen molar-refractivity contribution in [2.45, 2.75) is 51.1 Å². The molecule has 0 rings (SSSR count). The second kappa shape index (κ2) is 6.83. The van der Waals surface area contributed by atoms with Crippen molar-refractivity contribution >= 4 is 27.9 Å². The maximum absolute atomic E-state index is 11.3. The molecule has 0 fully saturated rings. The van der Waals surface area contributed by atoms with E-state index in [4.69, 9.17) is 4.74 Å². The van der Waals surface area contributed by atoms with Crippen LogP contribution in [0.1, 0.15) is 34.6 Å². The summed E-state index contributed by atoms with van der Waals surface area (Å²) in [6.45, 7) is 9.27. The lowest BCUT2D eigenvalue weighted by molar-refractivity contribution is -0.120. The van der Waals surface area contributed by atoms with E-state index < -0.39 is 11.7 Å². The zero-order valence-electron chi connectivity index (χ0n) is 11.0. The van der Waals surface area contributed by atoms with E-state index in [1.807, 2.05) is 6.92 Å². The van der Waals surface area contributed by atoms with E-state index >= 15 is 0 Å². The van der Waals surface area contributed by atoms with Crippen LogP contribution in [0.3, 0.4) is 0 Å². The van der Waals surface area contributed by atoms with E-state index in [-0.39, 0.29) is 16.8 Å². The third kappa shape index (κ3) is 8.97. The van der Waals surface area contributed by atoms with Gasteiger partial charge in [-0.15, -0.1) is 0 Å². The number of halogens is 1. The average molecular weight is 309 g/mol. The number of carbonyl (C=O) groups excluding carboxylic acids is 2. The molecule has 0 unspecified atom stereocenters. The number of hydrogen-bond donors (Lipinski definition) is 2. The van der Waals surface area contributed by atoms with Gasteiger partial charge in [0.25, 0.3) is 0 Å². The number of carbonyl (C=O) groups is 2. The minimum absolute atomic E-state index is 0.108. The van der Waals surface area contributed by atoms with Gasteiger partial charge >= 0.3 is 6.09 Å². The Morgan fingerprint density at radius 3 is 2.24 bits per heavy atom. The highest BCUT2D eigenvalue weighted by Crippen LogP contribution is 2.06. The Balaban J connectivity index is 3.88. The van der Waals surface area contributed by atoms with Crippen molar-refractivity contribution in [1.29, 1.82) is 0 Å². The van der Waals surface area contributed by atoms with Crippen LogP contribution in [0.15, 0.2) is 0 Å². The predicted molar refractivity (Wildman–Crippen MR) is 70.2 cm³/mol. The number of hydrogen-bond acceptors (Lipinski definition) is 3. The summed E-state index contributed by atoms with van der Waals surface area (Å²) in [4.78, 5) is 22.4. The van der Waals surface area contributed by atoms with Crippen LogP contribution in [0.4, 0.5) is 4.79 Å². The Morgan fingerprint density at radius 2 is 1.82 bits per heavy atom. The zero-order valence-corrected chi connectivity index (χ0v) is 12.6. The van der Waals surface area contributed by atoms with Gasteiger partial charge in [0.2, 0.25) is 5.91 Å². The summed E-state index contributed by atoms with van der Waals surface area (Å²) in [5.41, 5.74) is -0.513. The molecule has 5 nitrogen and oxygen atoms in total. The molecule has 0 aromatic heterocycles. The minimum Gasteiger partial charge on any atom is -0.444 e. The molecule has 100 valence electrons. The molecule has 0 saturated heterocycles. The van der Waals surface area contributed by atoms with Crippen molar-refractivity contribution < 1.29 is 14.3 Å². The monoisotopic (exact) mass is 308 g/mol. The number of amides is 2. The highest BCUT2D eigenvalue weighted by atomic mass is 79.9. The highest BCUT2D eigenvalue weighted by Gasteiger charge is 2.17. The second-order valence-electron chi connectivity index (χ2n) is 4.91. The van der Waals surface area contributed by atoms with Gasteiger partial charge in [-0.1, -0.05) is 15.9 Å². The number of ether oxygens (including phenoxy) is 1. The summed E-state index contributed by atoms with van der Waals surface area (Å²) in [7, 11) is 0. The predicted octanol–water partition coefficient (Wildman–Crippen LogP) is 1.80. The van der Waals surface area contributed by atoms with E-state index in [1.54, 1.807) is 27.7 Å². The summed E-state index contributed by atoms with van der Waals surface area (Å²) >= 11 is 3.16. The molecule has 0 aliphatic heterocycles. The summed E-state index contributed by atoms with van der Waals surface area (Å²) in [6, 6.07) is -0.144. The fourth-order valence-corrected chi connectivity index (χ4v) is 1.09. The first-order valence-corrected chi connectivity index (χ1v) is 6.44. The molecular formula is C11H21BrN2O3. The Kier molecular flexibility index (Phi) is 6.52. The van der Waals surface area contributed by atoms with Crippen LogP contribution in [0.25, 0.3) is 0 Å². The molecule has 6 heteroatoms. The second-order valence-corrected chi connectivity index (χ2v) is 6.28. The first-order chi connectivity index (χ1) is 7.61. The van der Waals surface area contributed by atoms with Crippen LogP contribution in [0.5, 0.6) is 0 Å². The normalized spacial score (nSPS) is 14.7. The highest BCUT2D eigenvalue weighted by molar-refractivity contribution is 9.10. The van der Waals surface area contributed by atoms with Crippen molar-refractivity contribution in [2.75, 3.05) is 6.54 Å². The average Bonchev–Trinajstić information content (AvgIpc) is 2.11. The van der Waals surface area contributed by atoms with E-state index in [0.717, 1.165) is 0 Å². The van der Waals surface area contributed by atoms with Gasteiger partial charge in [0.1, 0.15) is 5.60 Å². The van der Waals surface area contributed by atoms with Crippen LogP contribution >= 0.6 is 15.9 Å². The molecule has 0 aromatic rings. The Morgan fingerprint density at radius 1 is 1.29 bits per heavy atom. The fraction of sp³-hybridized carbons (Fsp3) is 0.818. The van der Waals surface area contributed by atoms with Crippen LogP contribution in [-0.2, 0) is 9.53 Å². The van der Waals surface area contributed by atoms with Gasteiger partial charge in [-0.2, -0.15) is 0 Å². The third-order valence-electron chi connectivity index (χ3n) is 1.70. The van der Waals surface area contributed by atoms with E-state index in [2.05, 4.69) is 26.6 Å². The van der Waals surface area contributed by atoms with Gasteiger partial charge in [-0.25, -0.2) is 4.79 Å². The molecule has 2 N–H and O–H groups in total. The first kappa shape index (κ1) is 16.2.